The Hall–Kier alpha value is -1.93. The van der Waals surface area contributed by atoms with Crippen molar-refractivity contribution in [2.24, 2.45) is 10.7 Å². The van der Waals surface area contributed by atoms with Crippen molar-refractivity contribution in [3.63, 3.8) is 0 Å². The van der Waals surface area contributed by atoms with E-state index in [4.69, 9.17) is 5.73 Å². The average molecular weight is 366 g/mol. The first kappa shape index (κ1) is 19.4. The number of rotatable bonds is 9. The fourth-order valence-electron chi connectivity index (χ4n) is 2.58. The van der Waals surface area contributed by atoms with Crippen molar-refractivity contribution in [3.05, 3.63) is 24.3 Å². The van der Waals surface area contributed by atoms with Crippen molar-refractivity contribution in [1.29, 1.82) is 0 Å². The second-order valence-corrected chi connectivity index (χ2v) is 7.75. The highest BCUT2D eigenvalue weighted by Gasteiger charge is 2.18. The van der Waals surface area contributed by atoms with Gasteiger partial charge in [-0.15, -0.1) is 0 Å². The molecule has 0 spiro atoms. The van der Waals surface area contributed by atoms with Crippen LogP contribution in [0.2, 0.25) is 0 Å². The topological polar surface area (TPSA) is 114 Å². The fourth-order valence-corrected chi connectivity index (χ4v) is 3.72. The van der Waals surface area contributed by atoms with Gasteiger partial charge in [-0.3, -0.25) is 14.5 Å². The summed E-state index contributed by atoms with van der Waals surface area (Å²) in [6.45, 7) is 1.33. The first-order chi connectivity index (χ1) is 12.0. The van der Waals surface area contributed by atoms with E-state index in [0.29, 0.717) is 37.5 Å². The van der Waals surface area contributed by atoms with E-state index < -0.39 is 10.0 Å². The normalized spacial score (nSPS) is 14.2. The van der Waals surface area contributed by atoms with Crippen LogP contribution in [0.1, 0.15) is 44.9 Å². The standard InChI is InChI=1S/C17H26N4O3S/c18-11-4-2-1-3-10-17(22)20-14-7-5-8-15(13-14)25(23,24)21-16-9-6-12-19-16/h5,7-8,13H,1-4,6,9-12,18H2,(H,19,21)(H,20,22). The molecule has 1 aromatic rings. The number of aliphatic imine (C=N–C) groups is 1. The van der Waals surface area contributed by atoms with Crippen LogP contribution < -0.4 is 15.8 Å². The summed E-state index contributed by atoms with van der Waals surface area (Å²) in [6.07, 6.45) is 5.67. The van der Waals surface area contributed by atoms with E-state index in [1.807, 2.05) is 0 Å². The largest absolute Gasteiger partial charge is 0.330 e. The summed E-state index contributed by atoms with van der Waals surface area (Å²) in [5, 5.41) is 2.75. The summed E-state index contributed by atoms with van der Waals surface area (Å²) in [5.41, 5.74) is 5.91. The van der Waals surface area contributed by atoms with Crippen LogP contribution in [0.25, 0.3) is 0 Å². The van der Waals surface area contributed by atoms with Gasteiger partial charge in [-0.05, 0) is 44.0 Å². The van der Waals surface area contributed by atoms with Crippen molar-refractivity contribution in [2.75, 3.05) is 18.4 Å². The molecule has 0 radical (unpaired) electrons. The van der Waals surface area contributed by atoms with Crippen LogP contribution in [-0.2, 0) is 14.8 Å². The lowest BCUT2D eigenvalue weighted by Gasteiger charge is -2.10. The Bertz CT molecular complexity index is 716. The number of amidine groups is 1. The van der Waals surface area contributed by atoms with Crippen LogP contribution in [0.5, 0.6) is 0 Å². The maximum atomic E-state index is 12.4. The number of sulfonamides is 1. The van der Waals surface area contributed by atoms with Gasteiger partial charge in [-0.2, -0.15) is 0 Å². The molecule has 1 aliphatic rings. The molecule has 0 aliphatic carbocycles. The van der Waals surface area contributed by atoms with Crippen molar-refractivity contribution < 1.29 is 13.2 Å². The van der Waals surface area contributed by atoms with Gasteiger partial charge in [0.2, 0.25) is 5.91 Å². The molecule has 8 heteroatoms. The summed E-state index contributed by atoms with van der Waals surface area (Å²) < 4.78 is 27.3. The molecular formula is C17H26N4O3S. The molecule has 0 saturated carbocycles. The smallest absolute Gasteiger partial charge is 0.262 e. The van der Waals surface area contributed by atoms with Crippen molar-refractivity contribution in [2.45, 2.75) is 49.8 Å². The Morgan fingerprint density at radius 1 is 1.20 bits per heavy atom. The zero-order valence-corrected chi connectivity index (χ0v) is 15.1. The molecule has 0 atom stereocenters. The van der Waals surface area contributed by atoms with Gasteiger partial charge in [-0.25, -0.2) is 8.42 Å². The van der Waals surface area contributed by atoms with Gasteiger partial charge in [0.05, 0.1) is 4.90 Å². The molecule has 4 N–H and O–H groups in total. The molecule has 25 heavy (non-hydrogen) atoms. The van der Waals surface area contributed by atoms with E-state index >= 15 is 0 Å². The molecule has 0 unspecified atom stereocenters. The zero-order chi connectivity index (χ0) is 18.1. The quantitative estimate of drug-likeness (QED) is 0.580. The lowest BCUT2D eigenvalue weighted by molar-refractivity contribution is -0.116. The number of nitrogens with two attached hydrogens (primary N) is 1. The molecule has 0 fully saturated rings. The predicted octanol–water partition coefficient (Wildman–Crippen LogP) is 2.00. The minimum Gasteiger partial charge on any atom is -0.330 e. The van der Waals surface area contributed by atoms with Crippen LogP contribution in [0.15, 0.2) is 34.2 Å². The first-order valence-electron chi connectivity index (χ1n) is 8.67. The lowest BCUT2D eigenvalue weighted by atomic mass is 10.1. The summed E-state index contributed by atoms with van der Waals surface area (Å²) in [7, 11) is -3.67. The average Bonchev–Trinajstić information content (AvgIpc) is 3.07. The summed E-state index contributed by atoms with van der Waals surface area (Å²) in [5.74, 6) is 0.377. The number of carbonyl (C=O) groups is 1. The second kappa shape index (κ2) is 9.53. The molecule has 0 saturated heterocycles. The highest BCUT2D eigenvalue weighted by atomic mass is 32.2. The predicted molar refractivity (Wildman–Crippen MR) is 99.1 cm³/mol. The number of hydrogen-bond donors (Lipinski definition) is 3. The van der Waals surface area contributed by atoms with Crippen molar-refractivity contribution in [1.82, 2.24) is 4.72 Å². The molecule has 1 aliphatic heterocycles. The minimum absolute atomic E-state index is 0.114. The van der Waals surface area contributed by atoms with Crippen LogP contribution in [0, 0.1) is 0 Å². The highest BCUT2D eigenvalue weighted by molar-refractivity contribution is 7.90. The maximum Gasteiger partial charge on any atom is 0.262 e. The van der Waals surface area contributed by atoms with Gasteiger partial charge in [0.25, 0.3) is 10.0 Å². The molecule has 2 rings (SSSR count). The van der Waals surface area contributed by atoms with E-state index in [-0.39, 0.29) is 10.8 Å². The molecule has 0 bridgehead atoms. The summed E-state index contributed by atoms with van der Waals surface area (Å²) >= 11 is 0. The minimum atomic E-state index is -3.67. The highest BCUT2D eigenvalue weighted by Crippen LogP contribution is 2.17. The lowest BCUT2D eigenvalue weighted by Crippen LogP contribution is -2.29. The van der Waals surface area contributed by atoms with Gasteiger partial charge in [0.1, 0.15) is 5.84 Å². The molecule has 7 nitrogen and oxygen atoms in total. The van der Waals surface area contributed by atoms with Crippen LogP contribution in [0.4, 0.5) is 5.69 Å². The zero-order valence-electron chi connectivity index (χ0n) is 14.3. The third-order valence-corrected chi connectivity index (χ3v) is 5.29. The fraction of sp³-hybridized carbons (Fsp3) is 0.529. The van der Waals surface area contributed by atoms with Crippen LogP contribution in [0.3, 0.4) is 0 Å². The van der Waals surface area contributed by atoms with E-state index in [0.717, 1.165) is 32.1 Å². The number of nitrogens with one attached hydrogen (secondary N) is 2. The number of benzene rings is 1. The Kier molecular flexibility index (Phi) is 7.39. The monoisotopic (exact) mass is 366 g/mol. The molecule has 1 amide bonds. The van der Waals surface area contributed by atoms with Gasteiger partial charge >= 0.3 is 0 Å². The second-order valence-electron chi connectivity index (χ2n) is 6.07. The summed E-state index contributed by atoms with van der Waals surface area (Å²) in [6, 6.07) is 6.25. The van der Waals surface area contributed by atoms with E-state index in [2.05, 4.69) is 15.0 Å². The van der Waals surface area contributed by atoms with E-state index in [1.165, 1.54) is 12.1 Å². The van der Waals surface area contributed by atoms with Crippen LogP contribution in [-0.4, -0.2) is 33.3 Å². The SMILES string of the molecule is NCCCCCCC(=O)Nc1cccc(S(=O)(=O)NC2=NCCC2)c1. The van der Waals surface area contributed by atoms with Crippen LogP contribution >= 0.6 is 0 Å². The Labute approximate surface area is 149 Å². The Balaban J connectivity index is 1.90. The maximum absolute atomic E-state index is 12.4. The number of anilines is 1. The molecule has 0 aromatic heterocycles. The number of carbonyl (C=O) groups excluding carboxylic acids is 1. The van der Waals surface area contributed by atoms with Gasteiger partial charge in [0.15, 0.2) is 0 Å². The number of amides is 1. The van der Waals surface area contributed by atoms with E-state index in [9.17, 15) is 13.2 Å². The third-order valence-electron chi connectivity index (χ3n) is 3.91. The van der Waals surface area contributed by atoms with Crippen molar-refractivity contribution >= 4 is 27.5 Å². The number of unbranched alkanes of at least 4 members (excludes halogenated alkanes) is 3. The molecule has 138 valence electrons. The Morgan fingerprint density at radius 3 is 2.72 bits per heavy atom. The molecule has 1 heterocycles. The van der Waals surface area contributed by atoms with Gasteiger partial charge in [0, 0.05) is 25.1 Å². The third kappa shape index (κ3) is 6.47. The number of nitrogens with zero attached hydrogens (tertiary/aromatic N) is 1. The summed E-state index contributed by atoms with van der Waals surface area (Å²) in [4.78, 5) is 16.2. The van der Waals surface area contributed by atoms with Crippen molar-refractivity contribution in [3.8, 4) is 0 Å². The number of hydrogen-bond acceptors (Lipinski definition) is 5. The van der Waals surface area contributed by atoms with Gasteiger partial charge in [-0.1, -0.05) is 18.9 Å². The van der Waals surface area contributed by atoms with Gasteiger partial charge < -0.3 is 11.1 Å². The first-order valence-corrected chi connectivity index (χ1v) is 10.2. The molecule has 1 aromatic carbocycles. The molecular weight excluding hydrogens is 340 g/mol. The Morgan fingerprint density at radius 2 is 2.00 bits per heavy atom. The van der Waals surface area contributed by atoms with E-state index in [1.54, 1.807) is 12.1 Å².